The van der Waals surface area contributed by atoms with Gasteiger partial charge in [0.2, 0.25) is 0 Å². The van der Waals surface area contributed by atoms with Gasteiger partial charge in [0.15, 0.2) is 0 Å². The monoisotopic (exact) mass is 453 g/mol. The molecule has 3 N–H and O–H groups in total. The van der Waals surface area contributed by atoms with E-state index in [0.29, 0.717) is 47.4 Å². The molecule has 4 bridgehead atoms. The van der Waals surface area contributed by atoms with Crippen LogP contribution in [0.25, 0.3) is 0 Å². The van der Waals surface area contributed by atoms with E-state index < -0.39 is 11.9 Å². The molecular weight excluding hydrogens is 418 g/mol. The van der Waals surface area contributed by atoms with Gasteiger partial charge < -0.3 is 20.6 Å². The van der Waals surface area contributed by atoms with Crippen molar-refractivity contribution in [1.82, 2.24) is 10.2 Å². The molecule has 3 amide bonds. The molecule has 4 saturated carbocycles. The van der Waals surface area contributed by atoms with Crippen LogP contribution >= 0.6 is 0 Å². The van der Waals surface area contributed by atoms with Gasteiger partial charge in [-0.05, 0) is 92.4 Å². The van der Waals surface area contributed by atoms with Gasteiger partial charge in [0.05, 0.1) is 5.92 Å². The number of carbonyl (C=O) groups is 3. The molecular formula is C26H35N3O4. The van der Waals surface area contributed by atoms with E-state index in [0.717, 1.165) is 19.3 Å². The maximum absolute atomic E-state index is 12.9. The SMILES string of the molecule is C[C@]12CC3CC(NC(=O)Nc4ccc(C(=O)N5CCC[C@H](C(=O)O)C5)cc4)(C1)C[C@@](C)(C3)C2. The van der Waals surface area contributed by atoms with Gasteiger partial charge in [0, 0.05) is 29.9 Å². The van der Waals surface area contributed by atoms with Crippen LogP contribution in [0.5, 0.6) is 0 Å². The number of piperidine rings is 1. The van der Waals surface area contributed by atoms with E-state index in [4.69, 9.17) is 0 Å². The van der Waals surface area contributed by atoms with Crippen LogP contribution in [-0.2, 0) is 4.79 Å². The average Bonchev–Trinajstić information content (AvgIpc) is 2.70. The number of anilines is 1. The third-order valence-corrected chi connectivity index (χ3v) is 8.45. The molecule has 7 heteroatoms. The van der Waals surface area contributed by atoms with Gasteiger partial charge >= 0.3 is 12.0 Å². The zero-order valence-electron chi connectivity index (χ0n) is 19.7. The van der Waals surface area contributed by atoms with Crippen molar-refractivity contribution < 1.29 is 19.5 Å². The molecule has 6 rings (SSSR count). The lowest BCUT2D eigenvalue weighted by Gasteiger charge is -2.65. The predicted molar refractivity (Wildman–Crippen MR) is 125 cm³/mol. The van der Waals surface area contributed by atoms with Crippen LogP contribution in [0.15, 0.2) is 24.3 Å². The highest BCUT2D eigenvalue weighted by molar-refractivity contribution is 5.96. The molecule has 5 atom stereocenters. The Balaban J connectivity index is 1.21. The number of benzene rings is 1. The maximum atomic E-state index is 12.9. The third kappa shape index (κ3) is 4.34. The summed E-state index contributed by atoms with van der Waals surface area (Å²) in [5, 5.41) is 15.6. The molecule has 33 heavy (non-hydrogen) atoms. The molecule has 1 aromatic carbocycles. The highest BCUT2D eigenvalue weighted by atomic mass is 16.4. The number of carbonyl (C=O) groups excluding carboxylic acids is 2. The number of carboxylic acid groups (broad SMARTS) is 1. The molecule has 7 nitrogen and oxygen atoms in total. The Labute approximate surface area is 195 Å². The van der Waals surface area contributed by atoms with Crippen molar-refractivity contribution in [2.45, 2.75) is 70.8 Å². The molecule has 178 valence electrons. The first-order valence-corrected chi connectivity index (χ1v) is 12.3. The lowest BCUT2D eigenvalue weighted by molar-refractivity contribution is -0.143. The Bertz CT molecular complexity index is 956. The molecule has 1 aliphatic heterocycles. The van der Waals surface area contributed by atoms with Gasteiger partial charge in [0.1, 0.15) is 0 Å². The van der Waals surface area contributed by atoms with Crippen LogP contribution in [-0.4, -0.2) is 46.5 Å². The van der Waals surface area contributed by atoms with E-state index in [2.05, 4.69) is 24.5 Å². The van der Waals surface area contributed by atoms with Gasteiger partial charge in [-0.1, -0.05) is 13.8 Å². The molecule has 0 spiro atoms. The second-order valence-electron chi connectivity index (χ2n) is 12.0. The van der Waals surface area contributed by atoms with Crippen LogP contribution in [0.3, 0.4) is 0 Å². The summed E-state index contributed by atoms with van der Waals surface area (Å²) in [5.74, 6) is -0.800. The molecule has 4 aliphatic carbocycles. The van der Waals surface area contributed by atoms with E-state index in [1.54, 1.807) is 29.2 Å². The van der Waals surface area contributed by atoms with E-state index >= 15 is 0 Å². The summed E-state index contributed by atoms with van der Waals surface area (Å²) in [4.78, 5) is 38.6. The molecule has 0 radical (unpaired) electrons. The summed E-state index contributed by atoms with van der Waals surface area (Å²) < 4.78 is 0. The molecule has 0 aromatic heterocycles. The molecule has 1 heterocycles. The van der Waals surface area contributed by atoms with Crippen LogP contribution in [0.2, 0.25) is 0 Å². The Morgan fingerprint density at radius 2 is 1.67 bits per heavy atom. The molecule has 2 unspecified atom stereocenters. The fourth-order valence-corrected chi connectivity index (χ4v) is 8.23. The van der Waals surface area contributed by atoms with Crippen LogP contribution in [0.1, 0.15) is 75.6 Å². The lowest BCUT2D eigenvalue weighted by Crippen LogP contribution is -2.65. The molecule has 1 saturated heterocycles. The topological polar surface area (TPSA) is 98.7 Å². The first-order chi connectivity index (χ1) is 15.6. The van der Waals surface area contributed by atoms with Crippen LogP contribution < -0.4 is 10.6 Å². The van der Waals surface area contributed by atoms with Crippen molar-refractivity contribution in [2.75, 3.05) is 18.4 Å². The summed E-state index contributed by atoms with van der Waals surface area (Å²) in [5.41, 5.74) is 1.70. The van der Waals surface area contributed by atoms with E-state index in [-0.39, 0.29) is 24.0 Å². The Morgan fingerprint density at radius 3 is 2.27 bits per heavy atom. The summed E-state index contributed by atoms with van der Waals surface area (Å²) in [6.07, 6.45) is 8.33. The van der Waals surface area contributed by atoms with Crippen molar-refractivity contribution in [2.24, 2.45) is 22.7 Å². The largest absolute Gasteiger partial charge is 0.481 e. The third-order valence-electron chi connectivity index (χ3n) is 8.45. The number of hydrogen-bond donors (Lipinski definition) is 3. The number of nitrogens with one attached hydrogen (secondary N) is 2. The summed E-state index contributed by atoms with van der Waals surface area (Å²) in [6.45, 7) is 5.60. The number of nitrogens with zero attached hydrogens (tertiary/aromatic N) is 1. The fraction of sp³-hybridized carbons (Fsp3) is 0.654. The normalized spacial score (nSPS) is 37.0. The highest BCUT2D eigenvalue weighted by Crippen LogP contribution is 2.66. The maximum Gasteiger partial charge on any atom is 0.319 e. The Morgan fingerprint density at radius 1 is 1.00 bits per heavy atom. The minimum Gasteiger partial charge on any atom is -0.481 e. The first kappa shape index (κ1) is 22.2. The van der Waals surface area contributed by atoms with Gasteiger partial charge in [-0.25, -0.2) is 4.79 Å². The van der Waals surface area contributed by atoms with Gasteiger partial charge in [-0.3, -0.25) is 9.59 Å². The predicted octanol–water partition coefficient (Wildman–Crippen LogP) is 4.49. The van der Waals surface area contributed by atoms with Gasteiger partial charge in [-0.2, -0.15) is 0 Å². The minimum absolute atomic E-state index is 0.113. The smallest absolute Gasteiger partial charge is 0.319 e. The van der Waals surface area contributed by atoms with E-state index in [1.165, 1.54) is 19.3 Å². The first-order valence-electron chi connectivity index (χ1n) is 12.3. The van der Waals surface area contributed by atoms with Crippen LogP contribution in [0, 0.1) is 22.7 Å². The van der Waals surface area contributed by atoms with Crippen molar-refractivity contribution in [3.8, 4) is 0 Å². The summed E-state index contributed by atoms with van der Waals surface area (Å²) >= 11 is 0. The Kier molecular flexibility index (Phi) is 5.22. The average molecular weight is 454 g/mol. The fourth-order valence-electron chi connectivity index (χ4n) is 8.23. The van der Waals surface area contributed by atoms with Crippen molar-refractivity contribution in [3.05, 3.63) is 29.8 Å². The van der Waals surface area contributed by atoms with E-state index in [9.17, 15) is 19.5 Å². The zero-order chi connectivity index (χ0) is 23.4. The Hall–Kier alpha value is -2.57. The van der Waals surface area contributed by atoms with Crippen molar-refractivity contribution in [1.29, 1.82) is 0 Å². The number of amides is 3. The number of urea groups is 1. The standard InChI is InChI=1S/C26H35N3O4/c1-24-10-17-11-25(2,14-24)16-26(12-17,15-24)28-23(33)27-20-7-5-18(6-8-20)21(30)29-9-3-4-19(13-29)22(31)32/h5-8,17,19H,3-4,9-16H2,1-2H3,(H,31,32)(H2,27,28,33)/t17?,19-,24-,25+,26?/m0/s1. The number of carboxylic acids is 1. The quantitative estimate of drug-likeness (QED) is 0.625. The second kappa shape index (κ2) is 7.74. The van der Waals surface area contributed by atoms with Crippen molar-refractivity contribution >= 4 is 23.6 Å². The number of hydrogen-bond acceptors (Lipinski definition) is 3. The van der Waals surface area contributed by atoms with Gasteiger partial charge in [0.25, 0.3) is 5.91 Å². The number of aliphatic carboxylic acids is 1. The highest BCUT2D eigenvalue weighted by Gasteiger charge is 2.60. The number of rotatable bonds is 4. The van der Waals surface area contributed by atoms with Gasteiger partial charge in [-0.15, -0.1) is 0 Å². The van der Waals surface area contributed by atoms with Crippen molar-refractivity contribution in [3.63, 3.8) is 0 Å². The van der Waals surface area contributed by atoms with E-state index in [1.807, 2.05) is 0 Å². The zero-order valence-corrected chi connectivity index (χ0v) is 19.7. The molecule has 5 fully saturated rings. The summed E-state index contributed by atoms with van der Waals surface area (Å²) in [6, 6.07) is 6.72. The lowest BCUT2D eigenvalue weighted by atomic mass is 9.43. The van der Waals surface area contributed by atoms with Crippen LogP contribution in [0.4, 0.5) is 10.5 Å². The molecule has 5 aliphatic rings. The minimum atomic E-state index is -0.847. The molecule has 1 aromatic rings. The number of likely N-dealkylation sites (tertiary alicyclic amines) is 1. The summed E-state index contributed by atoms with van der Waals surface area (Å²) in [7, 11) is 0. The second-order valence-corrected chi connectivity index (χ2v) is 12.0.